The molecule has 1 aliphatic heterocycles. The topological polar surface area (TPSA) is 116 Å². The summed E-state index contributed by atoms with van der Waals surface area (Å²) in [5.41, 5.74) is -1.05. The summed E-state index contributed by atoms with van der Waals surface area (Å²) in [5.74, 6) is -2.68. The van der Waals surface area contributed by atoms with E-state index in [0.29, 0.717) is 0 Å². The molecule has 1 unspecified atom stereocenters. The average molecular weight is 285 g/mol. The number of imide groups is 1. The van der Waals surface area contributed by atoms with Crippen molar-refractivity contribution in [2.24, 2.45) is 5.92 Å². The molecule has 8 heteroatoms. The molecule has 8 nitrogen and oxygen atoms in total. The third-order valence-corrected chi connectivity index (χ3v) is 3.00. The maximum atomic E-state index is 11.9. The first-order valence-electron chi connectivity index (χ1n) is 6.22. The molecule has 1 fully saturated rings. The van der Waals surface area contributed by atoms with E-state index >= 15 is 0 Å². The second-order valence-corrected chi connectivity index (χ2v) is 5.57. The average Bonchev–Trinajstić information content (AvgIpc) is 2.47. The lowest BCUT2D eigenvalue weighted by molar-refractivity contribution is -0.143. The molecule has 112 valence electrons. The number of nitrogens with one attached hydrogen (secondary N) is 2. The zero-order valence-electron chi connectivity index (χ0n) is 11.9. The van der Waals surface area contributed by atoms with Gasteiger partial charge < -0.3 is 15.7 Å². The van der Waals surface area contributed by atoms with Gasteiger partial charge in [-0.1, -0.05) is 13.8 Å². The van der Waals surface area contributed by atoms with Crippen LogP contribution in [0.25, 0.3) is 0 Å². The number of carbonyl (C=O) groups excluding carboxylic acids is 3. The van der Waals surface area contributed by atoms with E-state index in [9.17, 15) is 19.2 Å². The Labute approximate surface area is 116 Å². The van der Waals surface area contributed by atoms with E-state index < -0.39 is 41.9 Å². The largest absolute Gasteiger partial charge is 0.480 e. The van der Waals surface area contributed by atoms with Crippen LogP contribution in [0.15, 0.2) is 0 Å². The second kappa shape index (κ2) is 5.48. The van der Waals surface area contributed by atoms with E-state index in [1.807, 2.05) is 0 Å². The quantitative estimate of drug-likeness (QED) is 0.591. The lowest BCUT2D eigenvalue weighted by Gasteiger charge is -2.20. The number of rotatable bonds is 5. The van der Waals surface area contributed by atoms with E-state index in [2.05, 4.69) is 10.6 Å². The highest BCUT2D eigenvalue weighted by molar-refractivity contribution is 6.08. The molecule has 20 heavy (non-hydrogen) atoms. The predicted octanol–water partition coefficient (Wildman–Crippen LogP) is -0.458. The summed E-state index contributed by atoms with van der Waals surface area (Å²) >= 11 is 0. The highest BCUT2D eigenvalue weighted by Gasteiger charge is 2.45. The van der Waals surface area contributed by atoms with E-state index in [1.54, 1.807) is 13.8 Å². The number of carbonyl (C=O) groups is 4. The molecule has 0 radical (unpaired) electrons. The molecule has 0 aromatic rings. The Morgan fingerprint density at radius 1 is 1.35 bits per heavy atom. The fourth-order valence-corrected chi connectivity index (χ4v) is 1.84. The summed E-state index contributed by atoms with van der Waals surface area (Å²) in [7, 11) is 0. The number of nitrogens with zero attached hydrogens (tertiary/aromatic N) is 1. The van der Waals surface area contributed by atoms with Crippen LogP contribution >= 0.6 is 0 Å². The third-order valence-electron chi connectivity index (χ3n) is 3.00. The van der Waals surface area contributed by atoms with Crippen LogP contribution in [0.4, 0.5) is 4.79 Å². The fourth-order valence-electron chi connectivity index (χ4n) is 1.84. The van der Waals surface area contributed by atoms with Gasteiger partial charge in [-0.05, 0) is 19.8 Å². The molecule has 1 rings (SSSR count). The van der Waals surface area contributed by atoms with Gasteiger partial charge in [-0.2, -0.15) is 0 Å². The Balaban J connectivity index is 2.70. The first-order chi connectivity index (χ1) is 9.06. The third kappa shape index (κ3) is 3.25. The van der Waals surface area contributed by atoms with Gasteiger partial charge >= 0.3 is 12.0 Å². The standard InChI is InChI=1S/C12H19N3O5/c1-6(2)8(9(17)18)13-7(16)5-15-10(19)12(3,4)14-11(15)20/h6,8H,5H2,1-4H3,(H,13,16)(H,14,20)(H,17,18). The van der Waals surface area contributed by atoms with Crippen LogP contribution in [0.3, 0.4) is 0 Å². The van der Waals surface area contributed by atoms with Crippen molar-refractivity contribution in [3.8, 4) is 0 Å². The first kappa shape index (κ1) is 15.9. The number of hydrogen-bond acceptors (Lipinski definition) is 4. The van der Waals surface area contributed by atoms with Gasteiger partial charge in [0.05, 0.1) is 0 Å². The van der Waals surface area contributed by atoms with Crippen LogP contribution in [0.1, 0.15) is 27.7 Å². The normalized spacial score (nSPS) is 18.9. The minimum absolute atomic E-state index is 0.309. The van der Waals surface area contributed by atoms with Crippen molar-refractivity contribution in [3.05, 3.63) is 0 Å². The molecule has 0 aromatic heterocycles. The fraction of sp³-hybridized carbons (Fsp3) is 0.667. The maximum Gasteiger partial charge on any atom is 0.326 e. The van der Waals surface area contributed by atoms with E-state index in [-0.39, 0.29) is 5.92 Å². The van der Waals surface area contributed by atoms with Gasteiger partial charge in [0, 0.05) is 0 Å². The Hall–Kier alpha value is -2.12. The molecule has 1 heterocycles. The lowest BCUT2D eigenvalue weighted by Crippen LogP contribution is -2.49. The summed E-state index contributed by atoms with van der Waals surface area (Å²) < 4.78 is 0. The molecule has 0 aliphatic carbocycles. The Morgan fingerprint density at radius 2 is 1.90 bits per heavy atom. The number of hydrogen-bond donors (Lipinski definition) is 3. The Morgan fingerprint density at radius 3 is 2.25 bits per heavy atom. The highest BCUT2D eigenvalue weighted by atomic mass is 16.4. The number of aliphatic carboxylic acids is 1. The minimum Gasteiger partial charge on any atom is -0.480 e. The predicted molar refractivity (Wildman–Crippen MR) is 68.7 cm³/mol. The van der Waals surface area contributed by atoms with Crippen molar-refractivity contribution in [1.29, 1.82) is 0 Å². The monoisotopic (exact) mass is 285 g/mol. The molecule has 1 aliphatic rings. The molecule has 1 saturated heterocycles. The molecule has 3 N–H and O–H groups in total. The van der Waals surface area contributed by atoms with Crippen LogP contribution in [0, 0.1) is 5.92 Å². The molecule has 0 bridgehead atoms. The number of carboxylic acid groups (broad SMARTS) is 1. The summed E-state index contributed by atoms with van der Waals surface area (Å²) in [6.07, 6.45) is 0. The van der Waals surface area contributed by atoms with Crippen molar-refractivity contribution >= 4 is 23.8 Å². The van der Waals surface area contributed by atoms with Crippen molar-refractivity contribution in [1.82, 2.24) is 15.5 Å². The van der Waals surface area contributed by atoms with Crippen LogP contribution in [0.5, 0.6) is 0 Å². The van der Waals surface area contributed by atoms with Gasteiger partial charge in [0.15, 0.2) is 0 Å². The van der Waals surface area contributed by atoms with Gasteiger partial charge in [0.25, 0.3) is 5.91 Å². The van der Waals surface area contributed by atoms with Crippen molar-refractivity contribution in [2.75, 3.05) is 6.54 Å². The summed E-state index contributed by atoms with van der Waals surface area (Å²) in [6, 6.07) is -1.72. The Bertz CT molecular complexity index is 458. The van der Waals surface area contributed by atoms with E-state index in [0.717, 1.165) is 4.90 Å². The molecule has 0 saturated carbocycles. The van der Waals surface area contributed by atoms with E-state index in [1.165, 1.54) is 13.8 Å². The second-order valence-electron chi connectivity index (χ2n) is 5.57. The van der Waals surface area contributed by atoms with Crippen LogP contribution < -0.4 is 10.6 Å². The number of amides is 4. The maximum absolute atomic E-state index is 11.9. The number of carboxylic acids is 1. The lowest BCUT2D eigenvalue weighted by atomic mass is 10.0. The highest BCUT2D eigenvalue weighted by Crippen LogP contribution is 2.16. The van der Waals surface area contributed by atoms with Crippen molar-refractivity contribution in [2.45, 2.75) is 39.3 Å². The molecule has 0 spiro atoms. The van der Waals surface area contributed by atoms with Crippen LogP contribution in [-0.4, -0.2) is 51.9 Å². The zero-order chi connectivity index (χ0) is 15.7. The molecular weight excluding hydrogens is 266 g/mol. The van der Waals surface area contributed by atoms with Gasteiger partial charge in [0.1, 0.15) is 18.1 Å². The van der Waals surface area contributed by atoms with Gasteiger partial charge in [-0.25, -0.2) is 9.59 Å². The van der Waals surface area contributed by atoms with Crippen molar-refractivity contribution in [3.63, 3.8) is 0 Å². The summed E-state index contributed by atoms with van der Waals surface area (Å²) in [5, 5.41) is 13.7. The van der Waals surface area contributed by atoms with Crippen LogP contribution in [-0.2, 0) is 14.4 Å². The molecular formula is C12H19N3O5. The first-order valence-corrected chi connectivity index (χ1v) is 6.22. The molecule has 1 atom stereocenters. The van der Waals surface area contributed by atoms with Crippen LogP contribution in [0.2, 0.25) is 0 Å². The molecule has 4 amide bonds. The van der Waals surface area contributed by atoms with Gasteiger partial charge in [0.2, 0.25) is 5.91 Å². The summed E-state index contributed by atoms with van der Waals surface area (Å²) in [4.78, 5) is 47.0. The Kier molecular flexibility index (Phi) is 4.36. The SMILES string of the molecule is CC(C)C(NC(=O)CN1C(=O)NC(C)(C)C1=O)C(=O)O. The van der Waals surface area contributed by atoms with Gasteiger partial charge in [-0.15, -0.1) is 0 Å². The molecule has 0 aromatic carbocycles. The van der Waals surface area contributed by atoms with Crippen molar-refractivity contribution < 1.29 is 24.3 Å². The zero-order valence-corrected chi connectivity index (χ0v) is 11.9. The van der Waals surface area contributed by atoms with Gasteiger partial charge in [-0.3, -0.25) is 14.5 Å². The number of urea groups is 1. The smallest absolute Gasteiger partial charge is 0.326 e. The minimum atomic E-state index is -1.16. The van der Waals surface area contributed by atoms with E-state index in [4.69, 9.17) is 5.11 Å². The summed E-state index contributed by atoms with van der Waals surface area (Å²) in [6.45, 7) is 5.86.